The Morgan fingerprint density at radius 2 is 2.20 bits per heavy atom. The Hall–Kier alpha value is -1.05. The second-order valence-electron chi connectivity index (χ2n) is 3.35. The van der Waals surface area contributed by atoms with Gasteiger partial charge in [-0.05, 0) is 6.92 Å². The molecule has 0 saturated carbocycles. The van der Waals surface area contributed by atoms with Crippen LogP contribution in [0.25, 0.3) is 0 Å². The zero-order chi connectivity index (χ0) is 10.9. The number of hydrogen-bond acceptors (Lipinski definition) is 3. The highest BCUT2D eigenvalue weighted by molar-refractivity contribution is 5.76. The molecular weight excluding hydrogens is 192 g/mol. The molecule has 1 fully saturated rings. The molecule has 0 radical (unpaired) electrons. The summed E-state index contributed by atoms with van der Waals surface area (Å²) in [4.78, 5) is 13.5. The van der Waals surface area contributed by atoms with Crippen LogP contribution in [0.2, 0.25) is 0 Å². The van der Waals surface area contributed by atoms with E-state index in [9.17, 15) is 4.79 Å². The van der Waals surface area contributed by atoms with E-state index in [2.05, 4.69) is 17.2 Å². The summed E-state index contributed by atoms with van der Waals surface area (Å²) >= 11 is 0. The van der Waals surface area contributed by atoms with Crippen LogP contribution in [0.3, 0.4) is 0 Å². The Labute approximate surface area is 91.0 Å². The summed E-state index contributed by atoms with van der Waals surface area (Å²) in [5, 5.41) is 3.10. The van der Waals surface area contributed by atoms with Crippen LogP contribution >= 0.6 is 0 Å². The third-order valence-electron chi connectivity index (χ3n) is 2.27. The fourth-order valence-electron chi connectivity index (χ4n) is 1.41. The fraction of sp³-hybridized carbons (Fsp3) is 0.727. The second kappa shape index (κ2) is 7.27. The molecule has 15 heavy (non-hydrogen) atoms. The first-order valence-corrected chi connectivity index (χ1v) is 5.30. The molecule has 84 valence electrons. The van der Waals surface area contributed by atoms with Crippen molar-refractivity contribution in [1.29, 1.82) is 0 Å². The smallest absolute Gasteiger partial charge is 0.224 e. The summed E-state index contributed by atoms with van der Waals surface area (Å²) in [6.07, 6.45) is 0.547. The van der Waals surface area contributed by atoms with E-state index in [1.54, 1.807) is 6.92 Å². The average Bonchev–Trinajstić information content (AvgIpc) is 2.30. The Kier molecular flexibility index (Phi) is 5.83. The molecule has 0 spiro atoms. The number of hydrogen-bond donors (Lipinski definition) is 1. The van der Waals surface area contributed by atoms with Crippen LogP contribution in [0, 0.1) is 11.8 Å². The minimum atomic E-state index is 0.204. The van der Waals surface area contributed by atoms with Crippen LogP contribution in [0.5, 0.6) is 0 Å². The number of carbonyl (C=O) groups is 1. The minimum absolute atomic E-state index is 0.204. The monoisotopic (exact) mass is 210 g/mol. The molecule has 1 N–H and O–H groups in total. The maximum atomic E-state index is 11.6. The van der Waals surface area contributed by atoms with Gasteiger partial charge in [0.2, 0.25) is 5.91 Å². The average molecular weight is 210 g/mol. The first-order valence-electron chi connectivity index (χ1n) is 5.30. The zero-order valence-corrected chi connectivity index (χ0v) is 9.21. The van der Waals surface area contributed by atoms with Crippen LogP contribution in [-0.2, 0) is 9.53 Å². The highest BCUT2D eigenvalue weighted by Crippen LogP contribution is 1.99. The molecule has 0 aromatic heterocycles. The topological polar surface area (TPSA) is 41.6 Å². The van der Waals surface area contributed by atoms with Gasteiger partial charge < -0.3 is 15.0 Å². The van der Waals surface area contributed by atoms with Crippen molar-refractivity contribution in [2.24, 2.45) is 0 Å². The molecule has 0 aromatic carbocycles. The van der Waals surface area contributed by atoms with E-state index in [-0.39, 0.29) is 5.91 Å². The lowest BCUT2D eigenvalue weighted by molar-refractivity contribution is -0.135. The van der Waals surface area contributed by atoms with Gasteiger partial charge in [0.05, 0.1) is 19.8 Å². The molecule has 4 heteroatoms. The highest BCUT2D eigenvalue weighted by atomic mass is 16.5. The molecule has 0 atom stereocenters. The van der Waals surface area contributed by atoms with Crippen molar-refractivity contribution in [3.63, 3.8) is 0 Å². The van der Waals surface area contributed by atoms with Gasteiger partial charge in [-0.1, -0.05) is 5.92 Å². The number of ether oxygens (including phenoxy) is 1. The van der Waals surface area contributed by atoms with E-state index >= 15 is 0 Å². The quantitative estimate of drug-likeness (QED) is 0.518. The number of nitrogens with zero attached hydrogens (tertiary/aromatic N) is 1. The van der Waals surface area contributed by atoms with Gasteiger partial charge in [0.15, 0.2) is 0 Å². The van der Waals surface area contributed by atoms with Gasteiger partial charge in [0.1, 0.15) is 0 Å². The van der Waals surface area contributed by atoms with Crippen molar-refractivity contribution in [2.45, 2.75) is 13.3 Å². The molecule has 1 heterocycles. The molecule has 1 amide bonds. The van der Waals surface area contributed by atoms with E-state index in [1.807, 2.05) is 4.90 Å². The van der Waals surface area contributed by atoms with Gasteiger partial charge in [0, 0.05) is 26.1 Å². The lowest BCUT2D eigenvalue weighted by Crippen LogP contribution is -2.41. The van der Waals surface area contributed by atoms with Gasteiger partial charge in [-0.25, -0.2) is 0 Å². The first kappa shape index (κ1) is 12.0. The second-order valence-corrected chi connectivity index (χ2v) is 3.35. The van der Waals surface area contributed by atoms with Crippen molar-refractivity contribution in [1.82, 2.24) is 10.2 Å². The van der Waals surface area contributed by atoms with Crippen LogP contribution in [0.1, 0.15) is 13.3 Å². The molecule has 0 aliphatic carbocycles. The van der Waals surface area contributed by atoms with Crippen LogP contribution < -0.4 is 5.32 Å². The largest absolute Gasteiger partial charge is 0.378 e. The van der Waals surface area contributed by atoms with Crippen molar-refractivity contribution in [2.75, 3.05) is 39.4 Å². The lowest BCUT2D eigenvalue weighted by Gasteiger charge is -2.26. The third-order valence-corrected chi connectivity index (χ3v) is 2.27. The molecule has 0 bridgehead atoms. The molecule has 1 aliphatic heterocycles. The Morgan fingerprint density at radius 3 is 2.87 bits per heavy atom. The molecule has 1 aliphatic rings. The highest BCUT2D eigenvalue weighted by Gasteiger charge is 2.15. The minimum Gasteiger partial charge on any atom is -0.378 e. The Balaban J connectivity index is 2.08. The van der Waals surface area contributed by atoms with Crippen molar-refractivity contribution in [3.8, 4) is 11.8 Å². The van der Waals surface area contributed by atoms with Crippen LogP contribution in [0.4, 0.5) is 0 Å². The third kappa shape index (κ3) is 4.82. The van der Waals surface area contributed by atoms with E-state index in [0.717, 1.165) is 13.1 Å². The molecule has 1 saturated heterocycles. The first-order chi connectivity index (χ1) is 7.34. The van der Waals surface area contributed by atoms with Gasteiger partial charge in [-0.15, -0.1) is 5.92 Å². The number of amides is 1. The van der Waals surface area contributed by atoms with Gasteiger partial charge in [0.25, 0.3) is 0 Å². The fourth-order valence-corrected chi connectivity index (χ4v) is 1.41. The predicted molar refractivity (Wildman–Crippen MR) is 58.3 cm³/mol. The maximum absolute atomic E-state index is 11.6. The van der Waals surface area contributed by atoms with E-state index < -0.39 is 0 Å². The van der Waals surface area contributed by atoms with Crippen molar-refractivity contribution >= 4 is 5.91 Å². The Bertz CT molecular complexity index is 249. The van der Waals surface area contributed by atoms with Crippen molar-refractivity contribution in [3.05, 3.63) is 0 Å². The van der Waals surface area contributed by atoms with Crippen molar-refractivity contribution < 1.29 is 9.53 Å². The Morgan fingerprint density at radius 1 is 1.47 bits per heavy atom. The zero-order valence-electron chi connectivity index (χ0n) is 9.21. The number of carbonyl (C=O) groups excluding carboxylic acids is 1. The standard InChI is InChI=1S/C11H18N2O2/c1-2-3-5-12-6-4-11(14)13-7-9-15-10-8-13/h12H,4-10H2,1H3. The number of morpholine rings is 1. The molecule has 1 rings (SSSR count). The summed E-state index contributed by atoms with van der Waals surface area (Å²) < 4.78 is 5.18. The number of rotatable bonds is 4. The van der Waals surface area contributed by atoms with Gasteiger partial charge >= 0.3 is 0 Å². The van der Waals surface area contributed by atoms with E-state index in [1.165, 1.54) is 0 Å². The van der Waals surface area contributed by atoms with Crippen LogP contribution in [-0.4, -0.2) is 50.2 Å². The summed E-state index contributed by atoms with van der Waals surface area (Å²) in [6.45, 7) is 5.96. The molecule has 0 unspecified atom stereocenters. The van der Waals surface area contributed by atoms with E-state index in [4.69, 9.17) is 4.74 Å². The molecular formula is C11H18N2O2. The van der Waals surface area contributed by atoms with E-state index in [0.29, 0.717) is 32.7 Å². The summed E-state index contributed by atoms with van der Waals surface area (Å²) in [7, 11) is 0. The molecule has 0 aromatic rings. The summed E-state index contributed by atoms with van der Waals surface area (Å²) in [5.74, 6) is 5.89. The maximum Gasteiger partial charge on any atom is 0.224 e. The SMILES string of the molecule is CC#CCNCCC(=O)N1CCOCC1. The van der Waals surface area contributed by atoms with Crippen LogP contribution in [0.15, 0.2) is 0 Å². The summed E-state index contributed by atoms with van der Waals surface area (Å²) in [6, 6.07) is 0. The van der Waals surface area contributed by atoms with Gasteiger partial charge in [-0.2, -0.15) is 0 Å². The normalized spacial score (nSPS) is 15.7. The molecule has 4 nitrogen and oxygen atoms in total. The number of nitrogens with one attached hydrogen (secondary N) is 1. The summed E-state index contributed by atoms with van der Waals surface area (Å²) in [5.41, 5.74) is 0. The lowest BCUT2D eigenvalue weighted by atomic mass is 10.3. The van der Waals surface area contributed by atoms with Gasteiger partial charge in [-0.3, -0.25) is 4.79 Å². The predicted octanol–water partition coefficient (Wildman–Crippen LogP) is -0.152.